The summed E-state index contributed by atoms with van der Waals surface area (Å²) in [6.45, 7) is 5.92. The van der Waals surface area contributed by atoms with Crippen LogP contribution in [0.4, 0.5) is 0 Å². The first kappa shape index (κ1) is 12.5. The molecule has 1 aromatic carbocycles. The Labute approximate surface area is 112 Å². The monoisotopic (exact) mass is 256 g/mol. The van der Waals surface area contributed by atoms with Crippen LogP contribution in [0.25, 0.3) is 5.70 Å². The fraction of sp³-hybridized carbons (Fsp3) is 0.0667. The molecule has 2 nitrogen and oxygen atoms in total. The molecule has 0 spiro atoms. The van der Waals surface area contributed by atoms with Crippen LogP contribution in [0.2, 0.25) is 5.02 Å². The maximum Gasteiger partial charge on any atom is 0.0634 e. The molecule has 0 N–H and O–H groups in total. The lowest BCUT2D eigenvalue weighted by Crippen LogP contribution is -1.95. The lowest BCUT2D eigenvalue weighted by molar-refractivity contribution is 1.32. The second-order valence-electron chi connectivity index (χ2n) is 3.89. The molecule has 0 unspecified atom stereocenters. The fourth-order valence-corrected chi connectivity index (χ4v) is 1.78. The van der Waals surface area contributed by atoms with Crippen molar-refractivity contribution in [3.8, 4) is 0 Å². The van der Waals surface area contributed by atoms with Gasteiger partial charge in [-0.1, -0.05) is 30.3 Å². The summed E-state index contributed by atoms with van der Waals surface area (Å²) >= 11 is 5.94. The molecule has 0 fully saturated rings. The Hall–Kier alpha value is -1.93. The molecule has 0 aliphatic heterocycles. The van der Waals surface area contributed by atoms with Crippen molar-refractivity contribution in [1.29, 1.82) is 0 Å². The molecule has 1 aromatic heterocycles. The Morgan fingerprint density at radius 2 is 1.89 bits per heavy atom. The van der Waals surface area contributed by atoms with Gasteiger partial charge in [-0.15, -0.1) is 0 Å². The van der Waals surface area contributed by atoms with E-state index in [0.717, 1.165) is 16.8 Å². The molecule has 18 heavy (non-hydrogen) atoms. The van der Waals surface area contributed by atoms with Gasteiger partial charge in [0.15, 0.2) is 0 Å². The summed E-state index contributed by atoms with van der Waals surface area (Å²) in [5.41, 5.74) is 3.57. The van der Waals surface area contributed by atoms with E-state index in [1.807, 2.05) is 43.3 Å². The zero-order valence-electron chi connectivity index (χ0n) is 10.1. The largest absolute Gasteiger partial charge is 0.265 e. The maximum absolute atomic E-state index is 5.94. The highest BCUT2D eigenvalue weighted by molar-refractivity contribution is 6.30. The van der Waals surface area contributed by atoms with E-state index in [-0.39, 0.29) is 0 Å². The third-order valence-corrected chi connectivity index (χ3v) is 2.79. The molecular weight excluding hydrogens is 244 g/mol. The van der Waals surface area contributed by atoms with Gasteiger partial charge in [0.25, 0.3) is 0 Å². The number of hydrogen-bond acceptors (Lipinski definition) is 2. The maximum atomic E-state index is 5.94. The van der Waals surface area contributed by atoms with Crippen molar-refractivity contribution in [1.82, 2.24) is 4.98 Å². The molecule has 0 aliphatic rings. The number of hydrogen-bond donors (Lipinski definition) is 0. The van der Waals surface area contributed by atoms with E-state index in [0.29, 0.717) is 10.7 Å². The first-order valence-corrected chi connectivity index (χ1v) is 5.95. The second-order valence-corrected chi connectivity index (χ2v) is 4.33. The van der Waals surface area contributed by atoms with E-state index in [4.69, 9.17) is 11.6 Å². The molecule has 2 rings (SSSR count). The summed E-state index contributed by atoms with van der Waals surface area (Å²) in [4.78, 5) is 8.48. The number of pyridine rings is 1. The number of halogens is 1. The second kappa shape index (κ2) is 5.61. The van der Waals surface area contributed by atoms with Gasteiger partial charge in [-0.05, 0) is 36.8 Å². The Bertz CT molecular complexity index is 588. The quantitative estimate of drug-likeness (QED) is 0.755. The van der Waals surface area contributed by atoms with Crippen molar-refractivity contribution in [3.63, 3.8) is 0 Å². The molecule has 90 valence electrons. The lowest BCUT2D eigenvalue weighted by atomic mass is 10.1. The average molecular weight is 257 g/mol. The molecule has 0 radical (unpaired) electrons. The van der Waals surface area contributed by atoms with Gasteiger partial charge in [-0.3, -0.25) is 9.98 Å². The fourth-order valence-electron chi connectivity index (χ4n) is 1.59. The summed E-state index contributed by atoms with van der Waals surface area (Å²) < 4.78 is 0. The lowest BCUT2D eigenvalue weighted by Gasteiger charge is -2.04. The molecular formula is C15H13ClN2. The Morgan fingerprint density at radius 3 is 2.56 bits per heavy atom. The smallest absolute Gasteiger partial charge is 0.0634 e. The summed E-state index contributed by atoms with van der Waals surface area (Å²) in [5.74, 6) is 0. The molecule has 0 amide bonds. The van der Waals surface area contributed by atoms with Crippen molar-refractivity contribution in [3.05, 3.63) is 71.5 Å². The normalized spacial score (nSPS) is 11.3. The average Bonchev–Trinajstić information content (AvgIpc) is 2.39. The minimum atomic E-state index is 0.686. The van der Waals surface area contributed by atoms with Crippen molar-refractivity contribution in [2.45, 2.75) is 6.92 Å². The van der Waals surface area contributed by atoms with Gasteiger partial charge in [0, 0.05) is 28.7 Å². The number of aliphatic imine (C=N–C) groups is 1. The standard InChI is InChI=1S/C15H13ClN2/c1-11(13-6-8-17-9-7-13)18-12(2)14-4-3-5-15(16)10-14/h3-10H,2H2,1H3. The summed E-state index contributed by atoms with van der Waals surface area (Å²) in [6, 6.07) is 11.4. The predicted octanol–water partition coefficient (Wildman–Crippen LogP) is 4.21. The molecule has 2 aromatic rings. The van der Waals surface area contributed by atoms with Crippen molar-refractivity contribution in [2.75, 3.05) is 0 Å². The van der Waals surface area contributed by atoms with Crippen LogP contribution in [0, 0.1) is 0 Å². The molecule has 0 atom stereocenters. The van der Waals surface area contributed by atoms with Gasteiger partial charge in [0.1, 0.15) is 0 Å². The van der Waals surface area contributed by atoms with E-state index in [2.05, 4.69) is 16.6 Å². The van der Waals surface area contributed by atoms with Crippen LogP contribution in [0.15, 0.2) is 60.4 Å². The van der Waals surface area contributed by atoms with Gasteiger partial charge >= 0.3 is 0 Å². The molecule has 0 bridgehead atoms. The molecule has 1 heterocycles. The predicted molar refractivity (Wildman–Crippen MR) is 76.9 cm³/mol. The van der Waals surface area contributed by atoms with Crippen LogP contribution in [-0.2, 0) is 0 Å². The van der Waals surface area contributed by atoms with Crippen LogP contribution in [-0.4, -0.2) is 10.7 Å². The van der Waals surface area contributed by atoms with E-state index in [9.17, 15) is 0 Å². The SMILES string of the molecule is C=C(N=C(C)c1ccncc1)c1cccc(Cl)c1. The van der Waals surface area contributed by atoms with Crippen LogP contribution >= 0.6 is 11.6 Å². The van der Waals surface area contributed by atoms with E-state index >= 15 is 0 Å². The number of nitrogens with zero attached hydrogens (tertiary/aromatic N) is 2. The van der Waals surface area contributed by atoms with Gasteiger partial charge in [-0.2, -0.15) is 0 Å². The van der Waals surface area contributed by atoms with E-state index in [1.165, 1.54) is 0 Å². The van der Waals surface area contributed by atoms with Crippen LogP contribution in [0.1, 0.15) is 18.1 Å². The molecule has 0 saturated carbocycles. The van der Waals surface area contributed by atoms with Crippen molar-refractivity contribution in [2.24, 2.45) is 4.99 Å². The van der Waals surface area contributed by atoms with Gasteiger partial charge < -0.3 is 0 Å². The summed E-state index contributed by atoms with van der Waals surface area (Å²) in [6.07, 6.45) is 3.49. The van der Waals surface area contributed by atoms with Crippen LogP contribution < -0.4 is 0 Å². The Balaban J connectivity index is 2.26. The van der Waals surface area contributed by atoms with E-state index in [1.54, 1.807) is 12.4 Å². The van der Waals surface area contributed by atoms with Gasteiger partial charge in [0.05, 0.1) is 5.70 Å². The molecule has 0 saturated heterocycles. The zero-order valence-corrected chi connectivity index (χ0v) is 10.9. The highest BCUT2D eigenvalue weighted by Gasteiger charge is 2.01. The Morgan fingerprint density at radius 1 is 1.17 bits per heavy atom. The highest BCUT2D eigenvalue weighted by Crippen LogP contribution is 2.19. The third-order valence-electron chi connectivity index (χ3n) is 2.56. The summed E-state index contributed by atoms with van der Waals surface area (Å²) in [7, 11) is 0. The van der Waals surface area contributed by atoms with Crippen molar-refractivity contribution < 1.29 is 0 Å². The van der Waals surface area contributed by atoms with Crippen LogP contribution in [0.3, 0.4) is 0 Å². The first-order chi connectivity index (χ1) is 8.66. The number of aromatic nitrogens is 1. The minimum absolute atomic E-state index is 0.686. The number of rotatable bonds is 3. The topological polar surface area (TPSA) is 25.2 Å². The van der Waals surface area contributed by atoms with Gasteiger partial charge in [-0.25, -0.2) is 0 Å². The van der Waals surface area contributed by atoms with Crippen molar-refractivity contribution >= 4 is 23.0 Å². The third kappa shape index (κ3) is 3.05. The zero-order chi connectivity index (χ0) is 13.0. The molecule has 0 aliphatic carbocycles. The van der Waals surface area contributed by atoms with Crippen LogP contribution in [0.5, 0.6) is 0 Å². The van der Waals surface area contributed by atoms with Gasteiger partial charge in [0.2, 0.25) is 0 Å². The molecule has 3 heteroatoms. The summed E-state index contributed by atoms with van der Waals surface area (Å²) in [5, 5.41) is 0.686. The Kier molecular flexibility index (Phi) is 3.90. The highest BCUT2D eigenvalue weighted by atomic mass is 35.5. The first-order valence-electron chi connectivity index (χ1n) is 5.57. The minimum Gasteiger partial charge on any atom is -0.265 e. The number of benzene rings is 1. The van der Waals surface area contributed by atoms with E-state index < -0.39 is 0 Å².